The summed E-state index contributed by atoms with van der Waals surface area (Å²) in [6, 6.07) is 14.2. The molecule has 0 saturated carbocycles. The average molecular weight is 556 g/mol. The molecule has 1 fully saturated rings. The fourth-order valence-corrected chi connectivity index (χ4v) is 4.87. The van der Waals surface area contributed by atoms with E-state index in [1.54, 1.807) is 54.3 Å². The quantitative estimate of drug-likeness (QED) is 0.242. The Hall–Kier alpha value is -3.21. The van der Waals surface area contributed by atoms with E-state index in [9.17, 15) is 19.2 Å². The van der Waals surface area contributed by atoms with E-state index in [1.165, 1.54) is 0 Å². The van der Waals surface area contributed by atoms with E-state index in [-0.39, 0.29) is 29.7 Å². The van der Waals surface area contributed by atoms with Crippen molar-refractivity contribution in [2.45, 2.75) is 6.54 Å². The highest BCUT2D eigenvalue weighted by atomic mass is 79.9. The lowest BCUT2D eigenvalue weighted by atomic mass is 10.1. The van der Waals surface area contributed by atoms with Gasteiger partial charge >= 0.3 is 0 Å². The topological polar surface area (TPSA) is 97.7 Å². The van der Waals surface area contributed by atoms with Gasteiger partial charge in [-0.25, -0.2) is 0 Å². The Morgan fingerprint density at radius 1 is 1.11 bits per heavy atom. The Bertz CT molecular complexity index is 1340. The van der Waals surface area contributed by atoms with Gasteiger partial charge in [-0.3, -0.25) is 24.1 Å². The van der Waals surface area contributed by atoms with E-state index in [0.717, 1.165) is 32.0 Å². The van der Waals surface area contributed by atoms with Gasteiger partial charge in [0.25, 0.3) is 11.1 Å². The van der Waals surface area contributed by atoms with Gasteiger partial charge in [-0.05, 0) is 36.0 Å². The van der Waals surface area contributed by atoms with Crippen molar-refractivity contribution in [3.63, 3.8) is 0 Å². The standard InChI is InChI=1S/C25H22BrN3O5S/c1-34-10-9-27-23(31)15-28-13-17(19-12-18(26)7-8-20(19)28)11-22-24(32)29(25(33)35-22)14-21(30)16-5-3-2-4-6-16/h2-8,11-13H,9-10,14-15H2,1H3,(H,27,31)/b22-11-. The summed E-state index contributed by atoms with van der Waals surface area (Å²) in [5.74, 6) is -1.00. The molecule has 2 heterocycles. The number of ketones is 1. The Morgan fingerprint density at radius 2 is 1.89 bits per heavy atom. The van der Waals surface area contributed by atoms with E-state index >= 15 is 0 Å². The maximum absolute atomic E-state index is 13.0. The lowest BCUT2D eigenvalue weighted by Crippen LogP contribution is -2.33. The van der Waals surface area contributed by atoms with Gasteiger partial charge in [0, 0.05) is 46.4 Å². The number of fused-ring (bicyclic) bond motifs is 1. The third-order valence-electron chi connectivity index (χ3n) is 5.37. The number of hydrogen-bond donors (Lipinski definition) is 1. The number of carbonyl (C=O) groups excluding carboxylic acids is 4. The molecule has 35 heavy (non-hydrogen) atoms. The molecule has 3 amide bonds. The van der Waals surface area contributed by atoms with Crippen LogP contribution in [-0.2, 0) is 20.9 Å². The van der Waals surface area contributed by atoms with Crippen LogP contribution in [0.4, 0.5) is 4.79 Å². The smallest absolute Gasteiger partial charge is 0.293 e. The van der Waals surface area contributed by atoms with Crippen molar-refractivity contribution in [3.05, 3.63) is 75.2 Å². The zero-order valence-electron chi connectivity index (χ0n) is 18.8. The number of rotatable bonds is 9. The average Bonchev–Trinajstić information content (AvgIpc) is 3.30. The summed E-state index contributed by atoms with van der Waals surface area (Å²) in [7, 11) is 1.56. The van der Waals surface area contributed by atoms with Crippen LogP contribution in [0.2, 0.25) is 0 Å². The van der Waals surface area contributed by atoms with Gasteiger partial charge in [0.2, 0.25) is 5.91 Å². The van der Waals surface area contributed by atoms with Crippen LogP contribution >= 0.6 is 27.7 Å². The molecule has 0 aliphatic carbocycles. The van der Waals surface area contributed by atoms with Gasteiger partial charge < -0.3 is 14.6 Å². The van der Waals surface area contributed by atoms with Crippen LogP contribution in [0.15, 0.2) is 64.1 Å². The second-order valence-corrected chi connectivity index (χ2v) is 9.68. The predicted octanol–water partition coefficient (Wildman–Crippen LogP) is 4.09. The van der Waals surface area contributed by atoms with Crippen molar-refractivity contribution >= 4 is 67.5 Å². The molecule has 0 atom stereocenters. The number of methoxy groups -OCH3 is 1. The zero-order valence-corrected chi connectivity index (χ0v) is 21.2. The molecule has 1 saturated heterocycles. The summed E-state index contributed by atoms with van der Waals surface area (Å²) in [5.41, 5.74) is 1.93. The molecule has 8 nitrogen and oxygen atoms in total. The Morgan fingerprint density at radius 3 is 2.63 bits per heavy atom. The Labute approximate surface area is 214 Å². The van der Waals surface area contributed by atoms with Crippen LogP contribution < -0.4 is 5.32 Å². The lowest BCUT2D eigenvalue weighted by Gasteiger charge is -2.11. The second-order valence-electron chi connectivity index (χ2n) is 7.77. The number of Topliss-reactive ketones (excluding diaryl/α,β-unsaturated/α-hetero) is 1. The second kappa shape index (κ2) is 11.0. The number of imide groups is 1. The van der Waals surface area contributed by atoms with Gasteiger partial charge in [-0.15, -0.1) is 0 Å². The normalized spacial score (nSPS) is 14.8. The van der Waals surface area contributed by atoms with Crippen molar-refractivity contribution in [1.82, 2.24) is 14.8 Å². The van der Waals surface area contributed by atoms with Gasteiger partial charge in [0.1, 0.15) is 6.54 Å². The Kier molecular flexibility index (Phi) is 7.84. The van der Waals surface area contributed by atoms with Crippen molar-refractivity contribution in [3.8, 4) is 0 Å². The van der Waals surface area contributed by atoms with Crippen LogP contribution in [0.5, 0.6) is 0 Å². The number of nitrogens with zero attached hydrogens (tertiary/aromatic N) is 2. The minimum absolute atomic E-state index is 0.0861. The molecule has 180 valence electrons. The largest absolute Gasteiger partial charge is 0.383 e. The SMILES string of the molecule is COCCNC(=O)Cn1cc(/C=C2\SC(=O)N(CC(=O)c3ccccc3)C2=O)c2cc(Br)ccc21. The molecule has 2 aromatic carbocycles. The highest BCUT2D eigenvalue weighted by Gasteiger charge is 2.36. The number of carbonyl (C=O) groups is 4. The van der Waals surface area contributed by atoms with Gasteiger partial charge in [0.05, 0.1) is 18.1 Å². The molecular weight excluding hydrogens is 534 g/mol. The molecule has 4 rings (SSSR count). The van der Waals surface area contributed by atoms with Crippen LogP contribution in [0.25, 0.3) is 17.0 Å². The fraction of sp³-hybridized carbons (Fsp3) is 0.200. The molecule has 0 spiro atoms. The number of nitrogens with one attached hydrogen (secondary N) is 1. The van der Waals surface area contributed by atoms with Crippen LogP contribution in [0, 0.1) is 0 Å². The lowest BCUT2D eigenvalue weighted by molar-refractivity contribution is -0.123. The van der Waals surface area contributed by atoms with E-state index in [1.807, 2.05) is 18.2 Å². The highest BCUT2D eigenvalue weighted by molar-refractivity contribution is 9.10. The predicted molar refractivity (Wildman–Crippen MR) is 138 cm³/mol. The molecule has 0 radical (unpaired) electrons. The van der Waals surface area contributed by atoms with E-state index in [2.05, 4.69) is 21.2 Å². The fourth-order valence-electron chi connectivity index (χ4n) is 3.68. The monoisotopic (exact) mass is 555 g/mol. The first kappa shape index (κ1) is 24.9. The summed E-state index contributed by atoms with van der Waals surface area (Å²) in [6.45, 7) is 0.588. The molecule has 3 aromatic rings. The van der Waals surface area contributed by atoms with E-state index in [0.29, 0.717) is 24.3 Å². The summed E-state index contributed by atoms with van der Waals surface area (Å²) in [4.78, 5) is 51.6. The number of aromatic nitrogens is 1. The molecule has 1 aromatic heterocycles. The third kappa shape index (κ3) is 5.72. The molecule has 1 aliphatic heterocycles. The van der Waals surface area contributed by atoms with Crippen molar-refractivity contribution < 1.29 is 23.9 Å². The Balaban J connectivity index is 1.59. The summed E-state index contributed by atoms with van der Waals surface area (Å²) < 4.78 is 7.59. The molecular formula is C25H22BrN3O5S. The number of halogens is 1. The molecule has 10 heteroatoms. The van der Waals surface area contributed by atoms with E-state index in [4.69, 9.17) is 4.74 Å². The highest BCUT2D eigenvalue weighted by Crippen LogP contribution is 2.35. The number of benzene rings is 2. The first-order valence-electron chi connectivity index (χ1n) is 10.7. The van der Waals surface area contributed by atoms with Crippen molar-refractivity contribution in [2.24, 2.45) is 0 Å². The first-order valence-corrected chi connectivity index (χ1v) is 12.4. The van der Waals surface area contributed by atoms with E-state index < -0.39 is 11.1 Å². The molecule has 0 bridgehead atoms. The summed E-state index contributed by atoms with van der Waals surface area (Å²) >= 11 is 4.26. The molecule has 1 N–H and O–H groups in total. The van der Waals surface area contributed by atoms with Crippen LogP contribution in [-0.4, -0.2) is 59.1 Å². The molecule has 1 aliphatic rings. The van der Waals surface area contributed by atoms with Crippen molar-refractivity contribution in [2.75, 3.05) is 26.8 Å². The number of amides is 3. The number of hydrogen-bond acceptors (Lipinski definition) is 6. The van der Waals surface area contributed by atoms with Gasteiger partial charge in [-0.1, -0.05) is 46.3 Å². The third-order valence-corrected chi connectivity index (χ3v) is 6.77. The number of thioether (sulfide) groups is 1. The van der Waals surface area contributed by atoms with Crippen molar-refractivity contribution in [1.29, 1.82) is 0 Å². The first-order chi connectivity index (χ1) is 16.9. The maximum atomic E-state index is 13.0. The molecule has 0 unspecified atom stereocenters. The van der Waals surface area contributed by atoms with Gasteiger partial charge in [0.15, 0.2) is 5.78 Å². The zero-order chi connectivity index (χ0) is 24.9. The summed E-state index contributed by atoms with van der Waals surface area (Å²) in [6.07, 6.45) is 3.40. The minimum Gasteiger partial charge on any atom is -0.383 e. The maximum Gasteiger partial charge on any atom is 0.293 e. The van der Waals surface area contributed by atoms with Crippen LogP contribution in [0.1, 0.15) is 15.9 Å². The van der Waals surface area contributed by atoms with Crippen LogP contribution in [0.3, 0.4) is 0 Å². The summed E-state index contributed by atoms with van der Waals surface area (Å²) in [5, 5.41) is 3.11. The number of ether oxygens (including phenoxy) is 1. The van der Waals surface area contributed by atoms with Gasteiger partial charge in [-0.2, -0.15) is 0 Å². The minimum atomic E-state index is -0.516.